The molecule has 3 unspecified atom stereocenters. The first-order valence-corrected chi connectivity index (χ1v) is 11.1. The Hall–Kier alpha value is -3.39. The molecule has 3 aromatic rings. The minimum Gasteiger partial charge on any atom is -0.467 e. The Morgan fingerprint density at radius 1 is 1.12 bits per heavy atom. The maximum atomic E-state index is 12.7. The SMILES string of the molecule is O=C(NC(CCCCNC1CC1c1ccccc1)C(=O)NCc1ccco1)c1ccn[nH]1. The number of furan rings is 1. The van der Waals surface area contributed by atoms with Gasteiger partial charge in [-0.3, -0.25) is 14.7 Å². The number of carbonyl (C=O) groups excluding carboxylic acids is 2. The van der Waals surface area contributed by atoms with Crippen molar-refractivity contribution in [3.05, 3.63) is 78.0 Å². The first-order valence-electron chi connectivity index (χ1n) is 11.1. The van der Waals surface area contributed by atoms with Crippen LogP contribution in [0.15, 0.2) is 65.4 Å². The molecule has 2 amide bonds. The molecular formula is C24H29N5O3. The molecule has 1 aromatic carbocycles. The summed E-state index contributed by atoms with van der Waals surface area (Å²) < 4.78 is 5.26. The van der Waals surface area contributed by atoms with E-state index < -0.39 is 6.04 Å². The Kier molecular flexibility index (Phi) is 7.34. The number of unbranched alkanes of at least 4 members (excludes halogenated alkanes) is 1. The molecular weight excluding hydrogens is 406 g/mol. The van der Waals surface area contributed by atoms with Gasteiger partial charge in [0.15, 0.2) is 0 Å². The van der Waals surface area contributed by atoms with Crippen molar-refractivity contribution >= 4 is 11.8 Å². The van der Waals surface area contributed by atoms with Gasteiger partial charge in [-0.15, -0.1) is 0 Å². The normalized spacial score (nSPS) is 18.1. The molecule has 8 nitrogen and oxygen atoms in total. The molecule has 168 valence electrons. The second-order valence-electron chi connectivity index (χ2n) is 8.10. The number of amides is 2. The lowest BCUT2D eigenvalue weighted by Crippen LogP contribution is -2.46. The summed E-state index contributed by atoms with van der Waals surface area (Å²) >= 11 is 0. The maximum absolute atomic E-state index is 12.7. The second-order valence-corrected chi connectivity index (χ2v) is 8.10. The number of rotatable bonds is 12. The third-order valence-electron chi connectivity index (χ3n) is 5.73. The molecule has 4 rings (SSSR count). The molecule has 0 spiro atoms. The van der Waals surface area contributed by atoms with E-state index in [1.807, 2.05) is 6.07 Å². The van der Waals surface area contributed by atoms with E-state index in [-0.39, 0.29) is 18.4 Å². The number of benzene rings is 1. The van der Waals surface area contributed by atoms with E-state index in [1.54, 1.807) is 24.5 Å². The molecule has 1 saturated carbocycles. The standard InChI is InChI=1S/C24H29N5O3/c30-23(26-16-18-9-6-14-32-18)20(28-24(31)21-11-13-27-29-21)10-4-5-12-25-22-15-19(22)17-7-2-1-3-8-17/h1-3,6-9,11,13-14,19-20,22,25H,4-5,10,12,15-16H2,(H,26,30)(H,27,29)(H,28,31). The number of carbonyl (C=O) groups is 2. The molecule has 4 N–H and O–H groups in total. The van der Waals surface area contributed by atoms with E-state index in [0.29, 0.717) is 29.8 Å². The zero-order valence-corrected chi connectivity index (χ0v) is 17.9. The van der Waals surface area contributed by atoms with E-state index in [9.17, 15) is 9.59 Å². The molecule has 0 bridgehead atoms. The molecule has 3 atom stereocenters. The number of hydrogen-bond acceptors (Lipinski definition) is 5. The zero-order chi connectivity index (χ0) is 22.2. The summed E-state index contributed by atoms with van der Waals surface area (Å²) in [6, 6.07) is 15.6. The monoisotopic (exact) mass is 435 g/mol. The van der Waals surface area contributed by atoms with Gasteiger partial charge in [0, 0.05) is 18.2 Å². The van der Waals surface area contributed by atoms with Crippen LogP contribution in [-0.2, 0) is 11.3 Å². The van der Waals surface area contributed by atoms with Crippen LogP contribution in [0.2, 0.25) is 0 Å². The first-order chi connectivity index (χ1) is 15.7. The van der Waals surface area contributed by atoms with Crippen LogP contribution in [0.4, 0.5) is 0 Å². The van der Waals surface area contributed by atoms with Crippen molar-refractivity contribution in [3.8, 4) is 0 Å². The van der Waals surface area contributed by atoms with Crippen LogP contribution in [0.5, 0.6) is 0 Å². The van der Waals surface area contributed by atoms with Crippen LogP contribution in [0, 0.1) is 0 Å². The summed E-state index contributed by atoms with van der Waals surface area (Å²) in [5.41, 5.74) is 1.72. The van der Waals surface area contributed by atoms with Gasteiger partial charge in [0.1, 0.15) is 17.5 Å². The molecule has 0 saturated heterocycles. The van der Waals surface area contributed by atoms with E-state index in [2.05, 4.69) is 50.4 Å². The lowest BCUT2D eigenvalue weighted by molar-refractivity contribution is -0.123. The van der Waals surface area contributed by atoms with Crippen LogP contribution in [0.25, 0.3) is 0 Å². The van der Waals surface area contributed by atoms with Crippen molar-refractivity contribution in [2.45, 2.75) is 50.2 Å². The Bertz CT molecular complexity index is 973. The Morgan fingerprint density at radius 3 is 2.75 bits per heavy atom. The van der Waals surface area contributed by atoms with Gasteiger partial charge in [0.25, 0.3) is 5.91 Å². The number of hydrogen-bond donors (Lipinski definition) is 4. The van der Waals surface area contributed by atoms with Crippen molar-refractivity contribution in [1.82, 2.24) is 26.1 Å². The highest BCUT2D eigenvalue weighted by Gasteiger charge is 2.37. The Balaban J connectivity index is 1.21. The maximum Gasteiger partial charge on any atom is 0.269 e. The summed E-state index contributed by atoms with van der Waals surface area (Å²) in [7, 11) is 0. The van der Waals surface area contributed by atoms with Crippen molar-refractivity contribution in [2.24, 2.45) is 0 Å². The number of nitrogens with zero attached hydrogens (tertiary/aromatic N) is 1. The molecule has 8 heteroatoms. The molecule has 32 heavy (non-hydrogen) atoms. The van der Waals surface area contributed by atoms with Gasteiger partial charge in [-0.2, -0.15) is 5.10 Å². The number of H-pyrrole nitrogens is 1. The highest BCUT2D eigenvalue weighted by atomic mass is 16.3. The van der Waals surface area contributed by atoms with E-state index >= 15 is 0 Å². The van der Waals surface area contributed by atoms with Gasteiger partial charge < -0.3 is 20.4 Å². The van der Waals surface area contributed by atoms with Gasteiger partial charge in [0.05, 0.1) is 12.8 Å². The molecule has 2 aromatic heterocycles. The van der Waals surface area contributed by atoms with E-state index in [1.165, 1.54) is 18.2 Å². The lowest BCUT2D eigenvalue weighted by Gasteiger charge is -2.18. The number of aromatic nitrogens is 2. The highest BCUT2D eigenvalue weighted by molar-refractivity contribution is 5.95. The summed E-state index contributed by atoms with van der Waals surface area (Å²) in [5, 5.41) is 15.7. The molecule has 1 aliphatic rings. The van der Waals surface area contributed by atoms with Crippen molar-refractivity contribution in [2.75, 3.05) is 6.54 Å². The van der Waals surface area contributed by atoms with Crippen LogP contribution in [0.3, 0.4) is 0 Å². The van der Waals surface area contributed by atoms with Crippen LogP contribution >= 0.6 is 0 Å². The summed E-state index contributed by atoms with van der Waals surface area (Å²) in [6.45, 7) is 1.18. The number of aromatic amines is 1. The third kappa shape index (κ3) is 6.07. The largest absolute Gasteiger partial charge is 0.467 e. The Labute approximate surface area is 187 Å². The van der Waals surface area contributed by atoms with Crippen molar-refractivity contribution < 1.29 is 14.0 Å². The van der Waals surface area contributed by atoms with Gasteiger partial charge in [0.2, 0.25) is 5.91 Å². The molecule has 0 aliphatic heterocycles. The average molecular weight is 436 g/mol. The molecule has 0 radical (unpaired) electrons. The lowest BCUT2D eigenvalue weighted by atomic mass is 10.1. The van der Waals surface area contributed by atoms with Crippen LogP contribution in [-0.4, -0.2) is 40.6 Å². The minimum absolute atomic E-state index is 0.228. The fourth-order valence-corrected chi connectivity index (χ4v) is 3.85. The number of nitrogens with one attached hydrogen (secondary N) is 4. The average Bonchev–Trinajstić information content (AvgIpc) is 3.20. The van der Waals surface area contributed by atoms with Crippen LogP contribution < -0.4 is 16.0 Å². The first kappa shape index (κ1) is 21.8. The van der Waals surface area contributed by atoms with Gasteiger partial charge in [-0.05, 0) is 56.0 Å². The van der Waals surface area contributed by atoms with Crippen molar-refractivity contribution in [1.29, 1.82) is 0 Å². The van der Waals surface area contributed by atoms with Gasteiger partial charge in [-0.1, -0.05) is 30.3 Å². The fourth-order valence-electron chi connectivity index (χ4n) is 3.85. The zero-order valence-electron chi connectivity index (χ0n) is 17.9. The molecule has 1 fully saturated rings. The van der Waals surface area contributed by atoms with E-state index in [0.717, 1.165) is 19.4 Å². The predicted octanol–water partition coefficient (Wildman–Crippen LogP) is 2.73. The van der Waals surface area contributed by atoms with Gasteiger partial charge >= 0.3 is 0 Å². The predicted molar refractivity (Wildman–Crippen MR) is 120 cm³/mol. The summed E-state index contributed by atoms with van der Waals surface area (Å²) in [5.74, 6) is 0.694. The quantitative estimate of drug-likeness (QED) is 0.327. The fraction of sp³-hybridized carbons (Fsp3) is 0.375. The Morgan fingerprint density at radius 2 is 2.00 bits per heavy atom. The van der Waals surface area contributed by atoms with Gasteiger partial charge in [-0.25, -0.2) is 0 Å². The molecule has 2 heterocycles. The minimum atomic E-state index is -0.626. The summed E-state index contributed by atoms with van der Waals surface area (Å²) in [4.78, 5) is 25.1. The third-order valence-corrected chi connectivity index (χ3v) is 5.73. The smallest absolute Gasteiger partial charge is 0.269 e. The topological polar surface area (TPSA) is 112 Å². The molecule has 1 aliphatic carbocycles. The van der Waals surface area contributed by atoms with E-state index in [4.69, 9.17) is 4.42 Å². The highest BCUT2D eigenvalue weighted by Crippen LogP contribution is 2.40. The van der Waals surface area contributed by atoms with Crippen molar-refractivity contribution in [3.63, 3.8) is 0 Å². The summed E-state index contributed by atoms with van der Waals surface area (Å²) in [6.07, 6.45) is 6.54. The van der Waals surface area contributed by atoms with Crippen LogP contribution in [0.1, 0.15) is 53.4 Å². The second kappa shape index (κ2) is 10.8.